The van der Waals surface area contributed by atoms with Gasteiger partial charge in [-0.05, 0) is 55.2 Å². The Bertz CT molecular complexity index is 430. The predicted molar refractivity (Wildman–Crippen MR) is 83.3 cm³/mol. The number of aryl methyl sites for hydroxylation is 2. The monoisotopic (exact) mass is 277 g/mol. The van der Waals surface area contributed by atoms with Gasteiger partial charge in [-0.15, -0.1) is 0 Å². The smallest absolute Gasteiger partial charge is 0.129 e. The van der Waals surface area contributed by atoms with E-state index in [1.165, 1.54) is 31.2 Å². The van der Waals surface area contributed by atoms with Crippen LogP contribution in [0.5, 0.6) is 0 Å². The fraction of sp³-hybridized carbons (Fsp3) is 0.667. The van der Waals surface area contributed by atoms with Gasteiger partial charge in [-0.25, -0.2) is 4.39 Å². The fourth-order valence-corrected chi connectivity index (χ4v) is 3.60. The van der Waals surface area contributed by atoms with E-state index in [0.717, 1.165) is 29.5 Å². The molecule has 0 aromatic heterocycles. The molecule has 2 unspecified atom stereocenters. The minimum atomic E-state index is -0.0635. The molecule has 0 aliphatic heterocycles. The molecular weight excluding hydrogens is 249 g/mol. The minimum Gasteiger partial charge on any atom is -0.310 e. The van der Waals surface area contributed by atoms with E-state index < -0.39 is 0 Å². The second-order valence-corrected chi connectivity index (χ2v) is 6.72. The molecule has 0 amide bonds. The molecule has 1 nitrogen and oxygen atoms in total. The Kier molecular flexibility index (Phi) is 5.20. The first kappa shape index (κ1) is 15.5. The molecule has 1 aliphatic carbocycles. The van der Waals surface area contributed by atoms with Crippen molar-refractivity contribution in [1.82, 2.24) is 5.32 Å². The van der Waals surface area contributed by atoms with Crippen molar-refractivity contribution in [2.75, 3.05) is 0 Å². The quantitative estimate of drug-likeness (QED) is 0.837. The highest BCUT2D eigenvalue weighted by molar-refractivity contribution is 5.30. The van der Waals surface area contributed by atoms with Crippen molar-refractivity contribution in [3.05, 3.63) is 34.6 Å². The van der Waals surface area contributed by atoms with E-state index in [0.29, 0.717) is 6.04 Å². The van der Waals surface area contributed by atoms with Crippen LogP contribution in [0.15, 0.2) is 12.1 Å². The maximum absolute atomic E-state index is 13.7. The summed E-state index contributed by atoms with van der Waals surface area (Å²) in [6.07, 6.45) is 5.33. The molecular formula is C18H28FN. The zero-order chi connectivity index (χ0) is 14.7. The highest BCUT2D eigenvalue weighted by atomic mass is 19.1. The second kappa shape index (κ2) is 6.71. The summed E-state index contributed by atoms with van der Waals surface area (Å²) in [5.41, 5.74) is 2.71. The van der Waals surface area contributed by atoms with Gasteiger partial charge in [0.1, 0.15) is 5.82 Å². The van der Waals surface area contributed by atoms with Crippen LogP contribution in [0, 0.1) is 31.5 Å². The van der Waals surface area contributed by atoms with E-state index in [4.69, 9.17) is 0 Å². The van der Waals surface area contributed by atoms with E-state index in [1.54, 1.807) is 0 Å². The Morgan fingerprint density at radius 1 is 1.15 bits per heavy atom. The number of nitrogens with one attached hydrogen (secondary N) is 1. The van der Waals surface area contributed by atoms with Crippen LogP contribution >= 0.6 is 0 Å². The summed E-state index contributed by atoms with van der Waals surface area (Å²) in [7, 11) is 0. The normalized spacial score (nSPS) is 23.3. The zero-order valence-corrected chi connectivity index (χ0v) is 13.3. The number of halogens is 1. The van der Waals surface area contributed by atoms with E-state index >= 15 is 0 Å². The molecule has 0 bridgehead atoms. The van der Waals surface area contributed by atoms with Gasteiger partial charge >= 0.3 is 0 Å². The van der Waals surface area contributed by atoms with Crippen molar-refractivity contribution >= 4 is 0 Å². The maximum Gasteiger partial charge on any atom is 0.129 e. The summed E-state index contributed by atoms with van der Waals surface area (Å²) in [6, 6.07) is 4.57. The molecule has 2 rings (SSSR count). The number of benzene rings is 1. The first-order valence-electron chi connectivity index (χ1n) is 7.98. The summed E-state index contributed by atoms with van der Waals surface area (Å²) in [5.74, 6) is 1.46. The molecule has 2 heteroatoms. The summed E-state index contributed by atoms with van der Waals surface area (Å²) >= 11 is 0. The molecule has 0 radical (unpaired) electrons. The average molecular weight is 277 g/mol. The van der Waals surface area contributed by atoms with Crippen LogP contribution in [0.4, 0.5) is 4.39 Å². The lowest BCUT2D eigenvalue weighted by Gasteiger charge is -2.35. The first-order chi connectivity index (χ1) is 9.49. The van der Waals surface area contributed by atoms with Crippen LogP contribution in [0.2, 0.25) is 0 Å². The summed E-state index contributed by atoms with van der Waals surface area (Å²) in [5, 5.41) is 3.72. The maximum atomic E-state index is 13.7. The van der Waals surface area contributed by atoms with Gasteiger partial charge in [0.2, 0.25) is 0 Å². The van der Waals surface area contributed by atoms with Crippen LogP contribution < -0.4 is 5.32 Å². The van der Waals surface area contributed by atoms with Crippen LogP contribution in [0.3, 0.4) is 0 Å². The Labute approximate surface area is 123 Å². The summed E-state index contributed by atoms with van der Waals surface area (Å²) in [4.78, 5) is 0. The van der Waals surface area contributed by atoms with Crippen molar-refractivity contribution in [3.8, 4) is 0 Å². The van der Waals surface area contributed by atoms with Crippen LogP contribution in [0.1, 0.15) is 56.2 Å². The highest BCUT2D eigenvalue weighted by Gasteiger charge is 2.26. The Morgan fingerprint density at radius 3 is 2.35 bits per heavy atom. The van der Waals surface area contributed by atoms with E-state index in [2.05, 4.69) is 19.2 Å². The highest BCUT2D eigenvalue weighted by Crippen LogP contribution is 2.30. The molecule has 1 saturated carbocycles. The number of rotatable bonds is 4. The van der Waals surface area contributed by atoms with Crippen LogP contribution in [-0.2, 0) is 6.54 Å². The Hall–Kier alpha value is -0.890. The van der Waals surface area contributed by atoms with Crippen molar-refractivity contribution in [2.45, 2.75) is 66.0 Å². The average Bonchev–Trinajstić information content (AvgIpc) is 2.42. The lowest BCUT2D eigenvalue weighted by molar-refractivity contribution is 0.204. The van der Waals surface area contributed by atoms with Gasteiger partial charge in [-0.3, -0.25) is 0 Å². The molecule has 2 atom stereocenters. The molecule has 0 spiro atoms. The summed E-state index contributed by atoms with van der Waals surface area (Å²) in [6.45, 7) is 9.22. The van der Waals surface area contributed by atoms with Gasteiger partial charge < -0.3 is 5.32 Å². The topological polar surface area (TPSA) is 12.0 Å². The molecule has 1 aliphatic rings. The number of hydrogen-bond acceptors (Lipinski definition) is 1. The van der Waals surface area contributed by atoms with Crippen molar-refractivity contribution in [3.63, 3.8) is 0 Å². The van der Waals surface area contributed by atoms with Gasteiger partial charge in [0.15, 0.2) is 0 Å². The van der Waals surface area contributed by atoms with Crippen molar-refractivity contribution in [2.24, 2.45) is 11.8 Å². The Balaban J connectivity index is 2.00. The second-order valence-electron chi connectivity index (χ2n) is 6.72. The van der Waals surface area contributed by atoms with Crippen LogP contribution in [0.25, 0.3) is 0 Å². The fourth-order valence-electron chi connectivity index (χ4n) is 3.60. The van der Waals surface area contributed by atoms with E-state index in [1.807, 2.05) is 26.0 Å². The van der Waals surface area contributed by atoms with Gasteiger partial charge in [-0.2, -0.15) is 0 Å². The van der Waals surface area contributed by atoms with E-state index in [9.17, 15) is 4.39 Å². The van der Waals surface area contributed by atoms with Gasteiger partial charge in [0, 0.05) is 12.6 Å². The number of hydrogen-bond donors (Lipinski definition) is 1. The Morgan fingerprint density at radius 2 is 1.75 bits per heavy atom. The molecule has 1 aromatic rings. The van der Waals surface area contributed by atoms with Crippen LogP contribution in [-0.4, -0.2) is 6.04 Å². The lowest BCUT2D eigenvalue weighted by atomic mass is 9.78. The third-order valence-electron chi connectivity index (χ3n) is 4.74. The molecule has 1 aromatic carbocycles. The van der Waals surface area contributed by atoms with Gasteiger partial charge in [0.05, 0.1) is 0 Å². The zero-order valence-electron chi connectivity index (χ0n) is 13.3. The SMILES string of the molecule is Cc1cc(CNC2CCCCC2C(C)C)cc(C)c1F. The van der Waals surface area contributed by atoms with Gasteiger partial charge in [-0.1, -0.05) is 38.8 Å². The molecule has 1 N–H and O–H groups in total. The van der Waals surface area contributed by atoms with Gasteiger partial charge in [0.25, 0.3) is 0 Å². The standard InChI is InChI=1S/C18H28FN/c1-12(2)16-7-5-6-8-17(16)20-11-15-9-13(3)18(19)14(4)10-15/h9-10,12,16-17,20H,5-8,11H2,1-4H3. The minimum absolute atomic E-state index is 0.0635. The van der Waals surface area contributed by atoms with Crippen molar-refractivity contribution < 1.29 is 4.39 Å². The third kappa shape index (κ3) is 3.60. The largest absolute Gasteiger partial charge is 0.310 e. The lowest BCUT2D eigenvalue weighted by Crippen LogP contribution is -2.40. The first-order valence-corrected chi connectivity index (χ1v) is 7.98. The van der Waals surface area contributed by atoms with Crippen molar-refractivity contribution in [1.29, 1.82) is 0 Å². The molecule has 0 heterocycles. The third-order valence-corrected chi connectivity index (χ3v) is 4.74. The predicted octanol–water partition coefficient (Wildman–Crippen LogP) is 4.75. The van der Waals surface area contributed by atoms with E-state index in [-0.39, 0.29) is 5.82 Å². The molecule has 0 saturated heterocycles. The molecule has 1 fully saturated rings. The molecule has 20 heavy (non-hydrogen) atoms. The summed E-state index contributed by atoms with van der Waals surface area (Å²) < 4.78 is 13.7. The molecule has 112 valence electrons.